The molecule has 1 aliphatic heterocycles. The Morgan fingerprint density at radius 2 is 1.93 bits per heavy atom. The van der Waals surface area contributed by atoms with Gasteiger partial charge in [0.1, 0.15) is 12.6 Å². The molecule has 9 nitrogen and oxygen atoms in total. The van der Waals surface area contributed by atoms with E-state index in [9.17, 15) is 4.79 Å². The Balaban J connectivity index is 1.66. The van der Waals surface area contributed by atoms with E-state index in [4.69, 9.17) is 24.3 Å². The molecular formula is C32H53N5O4S. The van der Waals surface area contributed by atoms with Gasteiger partial charge in [0.25, 0.3) is 0 Å². The van der Waals surface area contributed by atoms with Gasteiger partial charge in [-0.15, -0.1) is 5.10 Å². The van der Waals surface area contributed by atoms with E-state index in [1.807, 2.05) is 4.68 Å². The number of aromatic nitrogens is 3. The van der Waals surface area contributed by atoms with E-state index < -0.39 is 10.0 Å². The zero-order valence-corrected chi connectivity index (χ0v) is 27.7. The monoisotopic (exact) mass is 603 g/mol. The Bertz CT molecular complexity index is 1150. The zero-order chi connectivity index (χ0) is 30.3. The summed E-state index contributed by atoms with van der Waals surface area (Å²) in [5, 5.41) is 8.52. The van der Waals surface area contributed by atoms with Gasteiger partial charge in [-0.3, -0.25) is 4.79 Å². The van der Waals surface area contributed by atoms with Crippen LogP contribution in [0, 0.1) is 5.92 Å². The maximum atomic E-state index is 12.2. The average Bonchev–Trinajstić information content (AvgIpc) is 3.73. The summed E-state index contributed by atoms with van der Waals surface area (Å²) in [6.07, 6.45) is 12.4. The Hall–Kier alpha value is -2.30. The van der Waals surface area contributed by atoms with Crippen molar-refractivity contribution in [3.63, 3.8) is 0 Å². The van der Waals surface area contributed by atoms with Crippen molar-refractivity contribution >= 4 is 33.3 Å². The highest BCUT2D eigenvalue weighted by Gasteiger charge is 2.31. The normalized spacial score (nSPS) is 17.3. The van der Waals surface area contributed by atoms with Gasteiger partial charge in [0.15, 0.2) is 0 Å². The minimum atomic E-state index is -0.606. The molecule has 1 saturated heterocycles. The van der Waals surface area contributed by atoms with E-state index >= 15 is 0 Å². The Labute approximate surface area is 254 Å². The summed E-state index contributed by atoms with van der Waals surface area (Å²) in [5.74, 6) is 3.49. The van der Waals surface area contributed by atoms with E-state index in [2.05, 4.69) is 68.0 Å². The van der Waals surface area contributed by atoms with Crippen LogP contribution in [-0.4, -0.2) is 84.8 Å². The summed E-state index contributed by atoms with van der Waals surface area (Å²) in [6.45, 7) is 10.3. The van der Waals surface area contributed by atoms with E-state index in [1.165, 1.54) is 7.11 Å². The Kier molecular flexibility index (Phi) is 11.6. The highest BCUT2D eigenvalue weighted by molar-refractivity contribution is 8.32. The third-order valence-corrected chi connectivity index (χ3v) is 9.46. The fraction of sp³-hybridized carbons (Fsp3) is 0.719. The standard InChI is InChI=1S/C32H53N5O4S/c1-8-24(20-30(38)39-4)26-11-12-29(36(21-23(2)3)27-13-15-40-16-14-27)28(19-26)33-32-34-31(25-9-10-25)37(35-32)22-41-17-18-42(5,6)7/h11-12,19,23-25,27H,8-10,13-18,20-22H2,1-7H3,(H,33,35)/t24-/m1/s1. The van der Waals surface area contributed by atoms with Crippen LogP contribution in [0.1, 0.15) is 82.5 Å². The minimum absolute atomic E-state index is 0.0690. The molecule has 42 heavy (non-hydrogen) atoms. The molecule has 2 heterocycles. The first-order chi connectivity index (χ1) is 20.1. The number of carbonyl (C=O) groups is 1. The molecule has 2 aliphatic rings. The average molecular weight is 604 g/mol. The lowest BCUT2D eigenvalue weighted by Gasteiger charge is -2.38. The zero-order valence-electron chi connectivity index (χ0n) is 26.9. The van der Waals surface area contributed by atoms with Crippen LogP contribution in [0.4, 0.5) is 17.3 Å². The van der Waals surface area contributed by atoms with Crippen molar-refractivity contribution in [3.8, 4) is 0 Å². The summed E-state index contributed by atoms with van der Waals surface area (Å²) in [7, 11) is 0.848. The molecule has 1 aromatic carbocycles. The van der Waals surface area contributed by atoms with E-state index in [1.54, 1.807) is 0 Å². The number of ether oxygens (including phenoxy) is 3. The lowest BCUT2D eigenvalue weighted by molar-refractivity contribution is -0.141. The first-order valence-electron chi connectivity index (χ1n) is 15.6. The van der Waals surface area contributed by atoms with Crippen molar-refractivity contribution in [2.24, 2.45) is 5.92 Å². The Morgan fingerprint density at radius 1 is 1.19 bits per heavy atom. The molecule has 4 rings (SSSR count). The number of anilines is 3. The van der Waals surface area contributed by atoms with Gasteiger partial charge in [0.2, 0.25) is 5.95 Å². The van der Waals surface area contributed by atoms with Crippen LogP contribution in [0.3, 0.4) is 0 Å². The topological polar surface area (TPSA) is 90.7 Å². The fourth-order valence-electron chi connectivity index (χ4n) is 5.50. The summed E-state index contributed by atoms with van der Waals surface area (Å²) < 4.78 is 18.7. The van der Waals surface area contributed by atoms with E-state index in [-0.39, 0.29) is 11.9 Å². The van der Waals surface area contributed by atoms with Crippen molar-refractivity contribution in [1.29, 1.82) is 0 Å². The van der Waals surface area contributed by atoms with Crippen LogP contribution in [-0.2, 0) is 25.7 Å². The molecule has 0 unspecified atom stereocenters. The second-order valence-electron chi connectivity index (χ2n) is 13.1. The molecule has 1 N–H and O–H groups in total. The molecule has 1 aliphatic carbocycles. The number of nitrogens with one attached hydrogen (secondary N) is 1. The second-order valence-corrected chi connectivity index (χ2v) is 17.7. The summed E-state index contributed by atoms with van der Waals surface area (Å²) in [5.41, 5.74) is 3.22. The molecule has 0 amide bonds. The van der Waals surface area contributed by atoms with Gasteiger partial charge in [-0.2, -0.15) is 4.98 Å². The van der Waals surface area contributed by atoms with Crippen LogP contribution in [0.15, 0.2) is 18.2 Å². The first-order valence-corrected chi connectivity index (χ1v) is 18.6. The van der Waals surface area contributed by atoms with Crippen LogP contribution in [0.2, 0.25) is 0 Å². The SMILES string of the molecule is CC[C@H](CC(=O)OC)c1ccc(N(CC(C)C)C2CCOCC2)c(Nc2nc(C3CC3)n(COCCS(C)(C)C)n2)c1. The fourth-order valence-corrected chi connectivity index (χ4v) is 6.12. The smallest absolute Gasteiger partial charge is 0.306 e. The quantitative estimate of drug-likeness (QED) is 0.178. The largest absolute Gasteiger partial charge is 0.469 e. The number of methoxy groups -OCH3 is 1. The number of hydrogen-bond acceptors (Lipinski definition) is 8. The van der Waals surface area contributed by atoms with Gasteiger partial charge in [-0.25, -0.2) is 14.7 Å². The van der Waals surface area contributed by atoms with Gasteiger partial charge in [-0.05, 0) is 80.4 Å². The lowest BCUT2D eigenvalue weighted by Crippen LogP contribution is -2.42. The molecule has 0 radical (unpaired) electrons. The van der Waals surface area contributed by atoms with Crippen molar-refractivity contribution in [3.05, 3.63) is 29.6 Å². The predicted molar refractivity (Wildman–Crippen MR) is 174 cm³/mol. The molecule has 236 valence electrons. The second kappa shape index (κ2) is 14.9. The predicted octanol–water partition coefficient (Wildman–Crippen LogP) is 6.27. The third kappa shape index (κ3) is 9.35. The molecule has 0 spiro atoms. The Morgan fingerprint density at radius 3 is 2.55 bits per heavy atom. The van der Waals surface area contributed by atoms with Crippen LogP contribution < -0.4 is 10.2 Å². The van der Waals surface area contributed by atoms with Crippen molar-refractivity contribution < 1.29 is 19.0 Å². The van der Waals surface area contributed by atoms with E-state index in [0.717, 1.165) is 87.0 Å². The summed E-state index contributed by atoms with van der Waals surface area (Å²) in [4.78, 5) is 19.7. The van der Waals surface area contributed by atoms with Gasteiger partial charge in [0, 0.05) is 37.5 Å². The number of esters is 1. The molecule has 10 heteroatoms. The number of carbonyl (C=O) groups excluding carboxylic acids is 1. The molecule has 0 bridgehead atoms. The van der Waals surface area contributed by atoms with Crippen LogP contribution in [0.5, 0.6) is 0 Å². The molecule has 2 fully saturated rings. The molecule has 2 aromatic rings. The summed E-state index contributed by atoms with van der Waals surface area (Å²) in [6, 6.07) is 6.98. The van der Waals surface area contributed by atoms with E-state index in [0.29, 0.717) is 37.0 Å². The number of benzene rings is 1. The lowest BCUT2D eigenvalue weighted by atomic mass is 9.92. The van der Waals surface area contributed by atoms with Crippen molar-refractivity contribution in [2.75, 3.05) is 68.2 Å². The molecule has 1 saturated carbocycles. The highest BCUT2D eigenvalue weighted by Crippen LogP contribution is 2.41. The number of hydrogen-bond donors (Lipinski definition) is 1. The van der Waals surface area contributed by atoms with Gasteiger partial charge < -0.3 is 24.4 Å². The van der Waals surface area contributed by atoms with Gasteiger partial charge in [0.05, 0.1) is 31.5 Å². The van der Waals surface area contributed by atoms with Gasteiger partial charge in [-0.1, -0.05) is 26.8 Å². The maximum absolute atomic E-state index is 12.2. The van der Waals surface area contributed by atoms with Crippen LogP contribution >= 0.6 is 10.0 Å². The van der Waals surface area contributed by atoms with Gasteiger partial charge >= 0.3 is 5.97 Å². The van der Waals surface area contributed by atoms with Crippen molar-refractivity contribution in [2.45, 2.75) is 83.9 Å². The minimum Gasteiger partial charge on any atom is -0.469 e. The van der Waals surface area contributed by atoms with Crippen molar-refractivity contribution in [1.82, 2.24) is 14.8 Å². The van der Waals surface area contributed by atoms with Crippen LogP contribution in [0.25, 0.3) is 0 Å². The third-order valence-electron chi connectivity index (χ3n) is 8.07. The maximum Gasteiger partial charge on any atom is 0.306 e. The molecule has 1 aromatic heterocycles. The first kappa shape index (κ1) is 32.6. The number of rotatable bonds is 16. The molecular weight excluding hydrogens is 550 g/mol. The molecule has 1 atom stereocenters. The number of nitrogens with zero attached hydrogens (tertiary/aromatic N) is 4. The highest BCUT2D eigenvalue weighted by atomic mass is 32.3. The summed E-state index contributed by atoms with van der Waals surface area (Å²) >= 11 is 0.